The second-order valence-electron chi connectivity index (χ2n) is 3.92. The Morgan fingerprint density at radius 2 is 2.22 bits per heavy atom. The standard InChI is InChI=1S/C13H17N3OS/c1-3-15(4-2)12(17)10-16-8-7-14-13(16)11-6-5-9-18-11/h5-9H,3-4,10H2,1-2H3. The molecule has 0 aliphatic rings. The molecule has 1 amide bonds. The first-order chi connectivity index (χ1) is 8.76. The molecule has 0 saturated heterocycles. The minimum atomic E-state index is 0.135. The zero-order valence-electron chi connectivity index (χ0n) is 10.7. The minimum absolute atomic E-state index is 0.135. The van der Waals surface area contributed by atoms with Crippen molar-refractivity contribution >= 4 is 17.2 Å². The van der Waals surface area contributed by atoms with Crippen LogP contribution in [0.25, 0.3) is 10.7 Å². The van der Waals surface area contributed by atoms with Gasteiger partial charge < -0.3 is 9.47 Å². The van der Waals surface area contributed by atoms with Gasteiger partial charge in [0.15, 0.2) is 0 Å². The Morgan fingerprint density at radius 1 is 1.44 bits per heavy atom. The van der Waals surface area contributed by atoms with Crippen molar-refractivity contribution in [2.45, 2.75) is 20.4 Å². The van der Waals surface area contributed by atoms with Crippen molar-refractivity contribution < 1.29 is 4.79 Å². The molecule has 0 aliphatic heterocycles. The highest BCUT2D eigenvalue weighted by molar-refractivity contribution is 7.13. The van der Waals surface area contributed by atoms with Crippen LogP contribution in [0.2, 0.25) is 0 Å². The van der Waals surface area contributed by atoms with E-state index in [4.69, 9.17) is 0 Å². The van der Waals surface area contributed by atoms with E-state index in [1.54, 1.807) is 17.5 Å². The highest BCUT2D eigenvalue weighted by atomic mass is 32.1. The summed E-state index contributed by atoms with van der Waals surface area (Å²) in [6.07, 6.45) is 3.60. The number of nitrogens with zero attached hydrogens (tertiary/aromatic N) is 3. The third-order valence-electron chi connectivity index (χ3n) is 2.88. The number of hydrogen-bond acceptors (Lipinski definition) is 3. The highest BCUT2D eigenvalue weighted by Crippen LogP contribution is 2.22. The Labute approximate surface area is 111 Å². The Bertz CT molecular complexity index is 500. The lowest BCUT2D eigenvalue weighted by molar-refractivity contribution is -0.131. The topological polar surface area (TPSA) is 38.1 Å². The zero-order valence-corrected chi connectivity index (χ0v) is 11.5. The van der Waals surface area contributed by atoms with E-state index in [0.717, 1.165) is 23.8 Å². The lowest BCUT2D eigenvalue weighted by atomic mass is 10.4. The average Bonchev–Trinajstić information content (AvgIpc) is 3.00. The van der Waals surface area contributed by atoms with Crippen LogP contribution in [0, 0.1) is 0 Å². The van der Waals surface area contributed by atoms with E-state index in [2.05, 4.69) is 4.98 Å². The number of likely N-dealkylation sites (N-methyl/N-ethyl adjacent to an activating group) is 1. The van der Waals surface area contributed by atoms with E-state index in [-0.39, 0.29) is 5.91 Å². The van der Waals surface area contributed by atoms with Crippen molar-refractivity contribution in [3.8, 4) is 10.7 Å². The summed E-state index contributed by atoms with van der Waals surface area (Å²) in [5.41, 5.74) is 0. The maximum Gasteiger partial charge on any atom is 0.242 e. The van der Waals surface area contributed by atoms with Gasteiger partial charge in [-0.3, -0.25) is 4.79 Å². The van der Waals surface area contributed by atoms with Crippen LogP contribution in [0.4, 0.5) is 0 Å². The normalized spacial score (nSPS) is 10.6. The first-order valence-corrected chi connectivity index (χ1v) is 6.97. The molecule has 0 radical (unpaired) electrons. The predicted octanol–water partition coefficient (Wildman–Crippen LogP) is 2.48. The maximum absolute atomic E-state index is 12.1. The van der Waals surface area contributed by atoms with Crippen LogP contribution in [0.15, 0.2) is 29.9 Å². The fraction of sp³-hybridized carbons (Fsp3) is 0.385. The third-order valence-corrected chi connectivity index (χ3v) is 3.74. The summed E-state index contributed by atoms with van der Waals surface area (Å²) in [6.45, 7) is 5.84. The molecule has 0 atom stereocenters. The number of carbonyl (C=O) groups is 1. The van der Waals surface area contributed by atoms with Crippen LogP contribution in [0.1, 0.15) is 13.8 Å². The van der Waals surface area contributed by atoms with E-state index in [1.807, 2.05) is 47.0 Å². The van der Waals surface area contributed by atoms with Crippen LogP contribution in [-0.2, 0) is 11.3 Å². The molecule has 96 valence electrons. The van der Waals surface area contributed by atoms with Gasteiger partial charge >= 0.3 is 0 Å². The molecular weight excluding hydrogens is 246 g/mol. The van der Waals surface area contributed by atoms with Gasteiger partial charge in [-0.15, -0.1) is 11.3 Å². The average molecular weight is 263 g/mol. The Balaban J connectivity index is 2.16. The van der Waals surface area contributed by atoms with Gasteiger partial charge in [0.2, 0.25) is 5.91 Å². The molecule has 0 aliphatic carbocycles. The van der Waals surface area contributed by atoms with Crippen LogP contribution in [0.5, 0.6) is 0 Å². The van der Waals surface area contributed by atoms with Gasteiger partial charge in [-0.2, -0.15) is 0 Å². The summed E-state index contributed by atoms with van der Waals surface area (Å²) < 4.78 is 1.91. The molecule has 0 spiro atoms. The largest absolute Gasteiger partial charge is 0.342 e. The molecule has 2 heterocycles. The molecule has 2 aromatic rings. The number of carbonyl (C=O) groups excluding carboxylic acids is 1. The van der Waals surface area contributed by atoms with Gasteiger partial charge in [-0.1, -0.05) is 6.07 Å². The second kappa shape index (κ2) is 5.82. The summed E-state index contributed by atoms with van der Waals surface area (Å²) in [5.74, 6) is 1.00. The summed E-state index contributed by atoms with van der Waals surface area (Å²) in [6, 6.07) is 4.01. The van der Waals surface area contributed by atoms with Gasteiger partial charge in [0.1, 0.15) is 12.4 Å². The molecule has 18 heavy (non-hydrogen) atoms. The van der Waals surface area contributed by atoms with Crippen molar-refractivity contribution in [3.63, 3.8) is 0 Å². The van der Waals surface area contributed by atoms with E-state index in [9.17, 15) is 4.79 Å². The Kier molecular flexibility index (Phi) is 4.15. The number of imidazole rings is 1. The SMILES string of the molecule is CCN(CC)C(=O)Cn1ccnc1-c1cccs1. The zero-order chi connectivity index (χ0) is 13.0. The Morgan fingerprint density at radius 3 is 2.83 bits per heavy atom. The molecule has 0 saturated carbocycles. The summed E-state index contributed by atoms with van der Waals surface area (Å²) in [7, 11) is 0. The molecule has 0 unspecified atom stereocenters. The van der Waals surface area contributed by atoms with Gasteiger partial charge in [0, 0.05) is 25.5 Å². The Hall–Kier alpha value is -1.62. The van der Waals surface area contributed by atoms with Crippen molar-refractivity contribution in [2.75, 3.05) is 13.1 Å². The number of hydrogen-bond donors (Lipinski definition) is 0. The van der Waals surface area contributed by atoms with Gasteiger partial charge in [0.05, 0.1) is 4.88 Å². The molecule has 2 aromatic heterocycles. The van der Waals surface area contributed by atoms with Gasteiger partial charge in [0.25, 0.3) is 0 Å². The first kappa shape index (κ1) is 12.8. The monoisotopic (exact) mass is 263 g/mol. The lowest BCUT2D eigenvalue weighted by Gasteiger charge is -2.19. The fourth-order valence-electron chi connectivity index (χ4n) is 1.89. The summed E-state index contributed by atoms with van der Waals surface area (Å²) >= 11 is 1.63. The van der Waals surface area contributed by atoms with Crippen molar-refractivity contribution in [3.05, 3.63) is 29.9 Å². The minimum Gasteiger partial charge on any atom is -0.342 e. The van der Waals surface area contributed by atoms with E-state index >= 15 is 0 Å². The van der Waals surface area contributed by atoms with Crippen LogP contribution in [-0.4, -0.2) is 33.4 Å². The van der Waals surface area contributed by atoms with Gasteiger partial charge in [-0.05, 0) is 25.3 Å². The molecule has 2 rings (SSSR count). The van der Waals surface area contributed by atoms with Crippen molar-refractivity contribution in [1.82, 2.24) is 14.5 Å². The van der Waals surface area contributed by atoms with Crippen LogP contribution in [0.3, 0.4) is 0 Å². The third kappa shape index (κ3) is 2.61. The van der Waals surface area contributed by atoms with Crippen molar-refractivity contribution in [1.29, 1.82) is 0 Å². The van der Waals surface area contributed by atoms with E-state index in [0.29, 0.717) is 6.54 Å². The highest BCUT2D eigenvalue weighted by Gasteiger charge is 2.13. The van der Waals surface area contributed by atoms with E-state index < -0.39 is 0 Å². The van der Waals surface area contributed by atoms with Gasteiger partial charge in [-0.25, -0.2) is 4.98 Å². The fourth-order valence-corrected chi connectivity index (χ4v) is 2.63. The molecule has 0 N–H and O–H groups in total. The molecule has 0 aromatic carbocycles. The first-order valence-electron chi connectivity index (χ1n) is 6.09. The van der Waals surface area contributed by atoms with E-state index in [1.165, 1.54) is 0 Å². The number of amides is 1. The molecule has 0 fully saturated rings. The second-order valence-corrected chi connectivity index (χ2v) is 4.87. The van der Waals surface area contributed by atoms with Crippen molar-refractivity contribution in [2.24, 2.45) is 0 Å². The molecule has 4 nitrogen and oxygen atoms in total. The molecule has 5 heteroatoms. The van der Waals surface area contributed by atoms with Crippen LogP contribution >= 0.6 is 11.3 Å². The van der Waals surface area contributed by atoms with Crippen LogP contribution < -0.4 is 0 Å². The smallest absolute Gasteiger partial charge is 0.242 e. The predicted molar refractivity (Wildman–Crippen MR) is 73.5 cm³/mol. The number of aromatic nitrogens is 2. The number of thiophene rings is 1. The lowest BCUT2D eigenvalue weighted by Crippen LogP contribution is -2.33. The number of rotatable bonds is 5. The molecule has 0 bridgehead atoms. The summed E-state index contributed by atoms with van der Waals surface area (Å²) in [5, 5.41) is 2.01. The summed E-state index contributed by atoms with van der Waals surface area (Å²) in [4.78, 5) is 19.3. The quantitative estimate of drug-likeness (QED) is 0.831. The maximum atomic E-state index is 12.1. The molecular formula is C13H17N3OS.